The van der Waals surface area contributed by atoms with E-state index in [-0.39, 0.29) is 0 Å². The molecule has 0 N–H and O–H groups in total. The van der Waals surface area contributed by atoms with Crippen molar-refractivity contribution in [3.05, 3.63) is 0 Å². The van der Waals surface area contributed by atoms with Crippen molar-refractivity contribution in [2.75, 3.05) is 20.4 Å². The van der Waals surface area contributed by atoms with Crippen LogP contribution in [-0.4, -0.2) is 20.4 Å². The Morgan fingerprint density at radius 2 is 0.885 bits per heavy atom. The van der Waals surface area contributed by atoms with Crippen LogP contribution in [0.3, 0.4) is 0 Å². The van der Waals surface area contributed by atoms with Crippen molar-refractivity contribution in [3.8, 4) is 0 Å². The van der Waals surface area contributed by atoms with Gasteiger partial charge in [0.15, 0.2) is 0 Å². The third kappa shape index (κ3) is 20.5. The number of unbranched alkanes of at least 4 members (excludes halogenated alkanes) is 17. The molecule has 26 heavy (non-hydrogen) atoms. The first kappa shape index (κ1) is 26.1. The third-order valence-corrected chi connectivity index (χ3v) is 6.47. The predicted molar refractivity (Wildman–Crippen MR) is 115 cm³/mol. The van der Waals surface area contributed by atoms with Crippen LogP contribution in [0.4, 0.5) is 0 Å². The average Bonchev–Trinajstić information content (AvgIpc) is 2.63. The Bertz CT molecular complexity index is 321. The molecule has 0 saturated carbocycles. The van der Waals surface area contributed by atoms with Gasteiger partial charge in [-0.25, -0.2) is 0 Å². The highest BCUT2D eigenvalue weighted by molar-refractivity contribution is 7.52. The highest BCUT2D eigenvalue weighted by Crippen LogP contribution is 2.42. The van der Waals surface area contributed by atoms with Crippen LogP contribution >= 0.6 is 7.60 Å². The molecule has 0 radical (unpaired) electrons. The van der Waals surface area contributed by atoms with Crippen molar-refractivity contribution in [1.82, 2.24) is 0 Å². The van der Waals surface area contributed by atoms with Crippen molar-refractivity contribution in [2.24, 2.45) is 0 Å². The van der Waals surface area contributed by atoms with Crippen LogP contribution in [0.15, 0.2) is 0 Å². The van der Waals surface area contributed by atoms with E-state index in [1.54, 1.807) is 0 Å². The molecule has 4 heteroatoms. The van der Waals surface area contributed by atoms with Gasteiger partial charge in [0.2, 0.25) is 0 Å². The predicted octanol–water partition coefficient (Wildman–Crippen LogP) is 8.51. The van der Waals surface area contributed by atoms with E-state index >= 15 is 0 Å². The van der Waals surface area contributed by atoms with Crippen molar-refractivity contribution in [1.29, 1.82) is 0 Å². The molecule has 0 saturated heterocycles. The molecular weight excluding hydrogens is 343 g/mol. The topological polar surface area (TPSA) is 35.5 Å². The van der Waals surface area contributed by atoms with E-state index in [0.29, 0.717) is 6.61 Å². The summed E-state index contributed by atoms with van der Waals surface area (Å²) < 4.78 is 21.6. The number of hydrogen-bond donors (Lipinski definition) is 0. The largest absolute Gasteiger partial charge is 0.327 e. The molecule has 0 aromatic rings. The minimum absolute atomic E-state index is 0.556. The summed E-state index contributed by atoms with van der Waals surface area (Å²) in [6, 6.07) is 0. The maximum Gasteiger partial charge on any atom is 0.327 e. The lowest BCUT2D eigenvalue weighted by molar-refractivity contribution is 0.233. The minimum Gasteiger partial charge on any atom is -0.312 e. The first-order valence-corrected chi connectivity index (χ1v) is 13.4. The van der Waals surface area contributed by atoms with Gasteiger partial charge in [-0.15, -0.1) is 0 Å². The maximum absolute atomic E-state index is 11.5. The molecule has 0 aromatic carbocycles. The number of hydrogen-bond acceptors (Lipinski definition) is 3. The Hall–Kier alpha value is 0.150. The number of rotatable bonds is 21. The lowest BCUT2D eigenvalue weighted by atomic mass is 10.0. The molecule has 1 unspecified atom stereocenters. The van der Waals surface area contributed by atoms with Crippen molar-refractivity contribution in [3.63, 3.8) is 0 Å². The van der Waals surface area contributed by atoms with Crippen molar-refractivity contribution < 1.29 is 13.6 Å². The van der Waals surface area contributed by atoms with Crippen LogP contribution < -0.4 is 0 Å². The second kappa shape index (κ2) is 19.9. The van der Waals surface area contributed by atoms with E-state index in [4.69, 9.17) is 9.05 Å². The molecule has 0 amide bonds. The van der Waals surface area contributed by atoms with Gasteiger partial charge in [-0.1, -0.05) is 116 Å². The van der Waals surface area contributed by atoms with Gasteiger partial charge in [-0.2, -0.15) is 0 Å². The van der Waals surface area contributed by atoms with Crippen LogP contribution in [0.1, 0.15) is 122 Å². The summed E-state index contributed by atoms with van der Waals surface area (Å²) in [5.41, 5.74) is 0. The fraction of sp³-hybridized carbons (Fsp3) is 1.00. The Balaban J connectivity index is 3.06. The van der Waals surface area contributed by atoms with Gasteiger partial charge in [-0.05, 0) is 6.42 Å². The van der Waals surface area contributed by atoms with Crippen molar-refractivity contribution >= 4 is 7.60 Å². The molecule has 0 aliphatic rings. The Morgan fingerprint density at radius 1 is 0.577 bits per heavy atom. The molecule has 158 valence electrons. The molecule has 0 bridgehead atoms. The van der Waals surface area contributed by atoms with Crippen LogP contribution in [-0.2, 0) is 13.6 Å². The van der Waals surface area contributed by atoms with Gasteiger partial charge in [0.1, 0.15) is 0 Å². The Labute approximate surface area is 164 Å². The normalized spacial score (nSPS) is 13.8. The lowest BCUT2D eigenvalue weighted by Crippen LogP contribution is -1.94. The molecule has 0 fully saturated rings. The average molecular weight is 391 g/mol. The minimum atomic E-state index is -2.77. The highest BCUT2D eigenvalue weighted by Gasteiger charge is 2.12. The summed E-state index contributed by atoms with van der Waals surface area (Å²) in [4.78, 5) is 0. The second-order valence-corrected chi connectivity index (χ2v) is 9.96. The van der Waals surface area contributed by atoms with Gasteiger partial charge < -0.3 is 9.05 Å². The third-order valence-electron chi connectivity index (χ3n) is 5.16. The summed E-state index contributed by atoms with van der Waals surface area (Å²) in [5, 5.41) is 0. The van der Waals surface area contributed by atoms with Gasteiger partial charge in [0.25, 0.3) is 0 Å². The van der Waals surface area contributed by atoms with E-state index in [2.05, 4.69) is 6.92 Å². The van der Waals surface area contributed by atoms with E-state index < -0.39 is 7.60 Å². The molecule has 0 rings (SSSR count). The summed E-state index contributed by atoms with van der Waals surface area (Å²) in [5.74, 6) is 0. The Morgan fingerprint density at radius 3 is 1.19 bits per heavy atom. The van der Waals surface area contributed by atoms with Gasteiger partial charge >= 0.3 is 7.60 Å². The van der Waals surface area contributed by atoms with E-state index in [0.717, 1.165) is 6.42 Å². The second-order valence-electron chi connectivity index (χ2n) is 7.80. The molecule has 0 spiro atoms. The lowest BCUT2D eigenvalue weighted by Gasteiger charge is -2.10. The fourth-order valence-electron chi connectivity index (χ4n) is 3.29. The van der Waals surface area contributed by atoms with E-state index in [1.807, 2.05) is 0 Å². The maximum atomic E-state index is 11.5. The summed E-state index contributed by atoms with van der Waals surface area (Å²) >= 11 is 0. The molecule has 0 aromatic heterocycles. The molecule has 0 aliphatic heterocycles. The Kier molecular flexibility index (Phi) is 20.0. The molecule has 3 nitrogen and oxygen atoms in total. The molecule has 0 heterocycles. The smallest absolute Gasteiger partial charge is 0.312 e. The monoisotopic (exact) mass is 390 g/mol. The molecule has 1 atom stereocenters. The first-order chi connectivity index (χ1) is 12.6. The zero-order chi connectivity index (χ0) is 19.3. The van der Waals surface area contributed by atoms with E-state index in [1.165, 1.54) is 123 Å². The van der Waals surface area contributed by atoms with Crippen LogP contribution in [0, 0.1) is 0 Å². The van der Waals surface area contributed by atoms with Crippen LogP contribution in [0.25, 0.3) is 0 Å². The highest BCUT2D eigenvalue weighted by atomic mass is 31.2. The van der Waals surface area contributed by atoms with Gasteiger partial charge in [0, 0.05) is 13.8 Å². The zero-order valence-electron chi connectivity index (χ0n) is 18.1. The SMILES string of the molecule is CCCCCCCCCCCCCCCCCCCCOP(C)(=O)OC. The standard InChI is InChI=1S/C22H47O3P/c1-4-5-6-7-8-9-10-11-12-13-14-15-16-17-18-19-20-21-22-25-26(3,23)24-2/h4-22H2,1-3H3. The van der Waals surface area contributed by atoms with Gasteiger partial charge in [0.05, 0.1) is 6.61 Å². The van der Waals surface area contributed by atoms with Crippen molar-refractivity contribution in [2.45, 2.75) is 122 Å². The molecule has 0 aliphatic carbocycles. The van der Waals surface area contributed by atoms with Crippen LogP contribution in [0.5, 0.6) is 0 Å². The zero-order valence-corrected chi connectivity index (χ0v) is 19.0. The van der Waals surface area contributed by atoms with Crippen LogP contribution in [0.2, 0.25) is 0 Å². The first-order valence-electron chi connectivity index (χ1n) is 11.4. The molecular formula is C22H47O3P. The van der Waals surface area contributed by atoms with E-state index in [9.17, 15) is 4.57 Å². The summed E-state index contributed by atoms with van der Waals surface area (Å²) in [6.45, 7) is 4.37. The summed E-state index contributed by atoms with van der Waals surface area (Å²) in [7, 11) is -1.33. The van der Waals surface area contributed by atoms with Gasteiger partial charge in [-0.3, -0.25) is 4.57 Å². The quantitative estimate of drug-likeness (QED) is 0.145. The summed E-state index contributed by atoms with van der Waals surface area (Å²) in [6.07, 6.45) is 24.7. The fourth-order valence-corrected chi connectivity index (χ4v) is 3.85.